The van der Waals surface area contributed by atoms with Gasteiger partial charge in [0.1, 0.15) is 12.3 Å². The van der Waals surface area contributed by atoms with E-state index in [4.69, 9.17) is 9.84 Å². The fourth-order valence-electron chi connectivity index (χ4n) is 2.69. The normalized spacial score (nSPS) is 25.3. The van der Waals surface area contributed by atoms with Gasteiger partial charge >= 0.3 is 0 Å². The van der Waals surface area contributed by atoms with Crippen LogP contribution in [0, 0.1) is 0 Å². The van der Waals surface area contributed by atoms with Gasteiger partial charge in [-0.05, 0) is 6.07 Å². The number of ether oxygens (including phenoxy) is 1. The van der Waals surface area contributed by atoms with Gasteiger partial charge in [0.15, 0.2) is 11.2 Å². The monoisotopic (exact) mass is 303 g/mol. The molecule has 0 bridgehead atoms. The van der Waals surface area contributed by atoms with Crippen molar-refractivity contribution >= 4 is 16.9 Å². The van der Waals surface area contributed by atoms with E-state index in [1.807, 2.05) is 0 Å². The van der Waals surface area contributed by atoms with Gasteiger partial charge in [-0.1, -0.05) is 0 Å². The molecule has 0 spiro atoms. The Bertz CT molecular complexity index is 904. The largest absolute Gasteiger partial charge is 0.394 e. The molecule has 4 rings (SSSR count). The molecule has 3 atom stereocenters. The zero-order valence-corrected chi connectivity index (χ0v) is 11.4. The topological polar surface area (TPSA) is 115 Å². The molecule has 0 unspecified atom stereocenters. The third-order valence-corrected chi connectivity index (χ3v) is 3.82. The maximum absolute atomic E-state index is 12.4. The van der Waals surface area contributed by atoms with Crippen molar-refractivity contribution in [3.63, 3.8) is 0 Å². The van der Waals surface area contributed by atoms with Crippen molar-refractivity contribution in [2.75, 3.05) is 6.61 Å². The first kappa shape index (κ1) is 13.3. The summed E-state index contributed by atoms with van der Waals surface area (Å²) in [6, 6.07) is 1.64. The van der Waals surface area contributed by atoms with Crippen molar-refractivity contribution in [2.24, 2.45) is 0 Å². The van der Waals surface area contributed by atoms with Crippen LogP contribution in [0.15, 0.2) is 29.6 Å². The lowest BCUT2D eigenvalue weighted by Gasteiger charge is -2.13. The van der Waals surface area contributed by atoms with E-state index in [2.05, 4.69) is 15.0 Å². The van der Waals surface area contributed by atoms with E-state index in [9.17, 15) is 9.90 Å². The predicted molar refractivity (Wildman–Crippen MR) is 74.2 cm³/mol. The molecule has 22 heavy (non-hydrogen) atoms. The molecule has 0 amide bonds. The number of aliphatic hydroxyl groups is 2. The molecule has 2 N–H and O–H groups in total. The number of nitrogens with zero attached hydrogens (tertiary/aromatic N) is 5. The van der Waals surface area contributed by atoms with Crippen molar-refractivity contribution in [3.05, 3.63) is 35.1 Å². The summed E-state index contributed by atoms with van der Waals surface area (Å²) in [5.41, 5.74) is 0.236. The Balaban J connectivity index is 1.88. The number of hydrogen-bond acceptors (Lipinski definition) is 7. The third kappa shape index (κ3) is 1.83. The van der Waals surface area contributed by atoms with Crippen LogP contribution in [-0.2, 0) is 4.74 Å². The summed E-state index contributed by atoms with van der Waals surface area (Å²) in [5, 5.41) is 19.0. The molecule has 114 valence electrons. The minimum Gasteiger partial charge on any atom is -0.394 e. The molecule has 1 saturated heterocycles. The summed E-state index contributed by atoms with van der Waals surface area (Å²) in [6.07, 6.45) is 2.92. The van der Waals surface area contributed by atoms with Gasteiger partial charge in [-0.25, -0.2) is 14.4 Å². The van der Waals surface area contributed by atoms with Gasteiger partial charge in [-0.2, -0.15) is 4.98 Å². The summed E-state index contributed by atoms with van der Waals surface area (Å²) in [6.45, 7) is -0.273. The van der Waals surface area contributed by atoms with Crippen LogP contribution in [0.1, 0.15) is 12.6 Å². The molecule has 0 radical (unpaired) electrons. The molecule has 0 aromatic carbocycles. The predicted octanol–water partition coefficient (Wildman–Crippen LogP) is -0.920. The van der Waals surface area contributed by atoms with Crippen LogP contribution < -0.4 is 5.56 Å². The summed E-state index contributed by atoms with van der Waals surface area (Å²) in [5.74, 6) is 0.263. The fraction of sp³-hybridized carbons (Fsp3) is 0.385. The first-order valence-electron chi connectivity index (χ1n) is 6.83. The molecule has 3 aromatic rings. The Morgan fingerprint density at radius 3 is 3.05 bits per heavy atom. The van der Waals surface area contributed by atoms with Crippen molar-refractivity contribution < 1.29 is 14.9 Å². The van der Waals surface area contributed by atoms with Gasteiger partial charge in [0.05, 0.1) is 19.0 Å². The Hall–Kier alpha value is -2.36. The minimum atomic E-state index is -0.771. The average Bonchev–Trinajstić information content (AvgIpc) is 3.11. The molecule has 0 saturated carbocycles. The van der Waals surface area contributed by atoms with Crippen molar-refractivity contribution in [1.29, 1.82) is 0 Å². The second kappa shape index (κ2) is 4.83. The summed E-state index contributed by atoms with van der Waals surface area (Å²) in [4.78, 5) is 24.9. The van der Waals surface area contributed by atoms with Crippen LogP contribution in [0.25, 0.3) is 16.9 Å². The highest BCUT2D eigenvalue weighted by atomic mass is 16.5. The lowest BCUT2D eigenvalue weighted by atomic mass is 10.2. The highest BCUT2D eigenvalue weighted by Gasteiger charge is 2.35. The fourth-order valence-corrected chi connectivity index (χ4v) is 2.69. The number of aliphatic hydroxyl groups excluding tert-OH is 2. The lowest BCUT2D eigenvalue weighted by Crippen LogP contribution is -2.24. The first-order chi connectivity index (χ1) is 10.7. The number of aromatic nitrogens is 5. The van der Waals surface area contributed by atoms with Crippen LogP contribution in [0.5, 0.6) is 0 Å². The van der Waals surface area contributed by atoms with E-state index in [0.717, 1.165) is 0 Å². The minimum absolute atomic E-state index is 0.205. The molecular formula is C13H13N5O4. The highest BCUT2D eigenvalue weighted by molar-refractivity contribution is 5.71. The molecule has 1 aliphatic heterocycles. The molecule has 1 fully saturated rings. The van der Waals surface area contributed by atoms with E-state index in [0.29, 0.717) is 12.1 Å². The summed E-state index contributed by atoms with van der Waals surface area (Å²) in [7, 11) is 0. The van der Waals surface area contributed by atoms with Gasteiger partial charge in [0, 0.05) is 18.8 Å². The van der Waals surface area contributed by atoms with Crippen LogP contribution in [-0.4, -0.2) is 52.9 Å². The number of rotatable bonds is 2. The van der Waals surface area contributed by atoms with Crippen LogP contribution in [0.3, 0.4) is 0 Å². The average molecular weight is 303 g/mol. The van der Waals surface area contributed by atoms with Gasteiger partial charge in [-0.15, -0.1) is 0 Å². The Morgan fingerprint density at radius 1 is 1.41 bits per heavy atom. The summed E-state index contributed by atoms with van der Waals surface area (Å²) < 4.78 is 8.49. The van der Waals surface area contributed by atoms with E-state index in [-0.39, 0.29) is 23.5 Å². The second-order valence-electron chi connectivity index (χ2n) is 5.15. The maximum Gasteiger partial charge on any atom is 0.287 e. The van der Waals surface area contributed by atoms with Gasteiger partial charge < -0.3 is 14.9 Å². The molecule has 0 aliphatic carbocycles. The third-order valence-electron chi connectivity index (χ3n) is 3.82. The molecule has 4 heterocycles. The number of fused-ring (bicyclic) bond motifs is 2. The van der Waals surface area contributed by atoms with Gasteiger partial charge in [-0.3, -0.25) is 9.36 Å². The quantitative estimate of drug-likeness (QED) is 0.629. The molecule has 1 aliphatic rings. The summed E-state index contributed by atoms with van der Waals surface area (Å²) >= 11 is 0. The molecule has 9 heteroatoms. The maximum atomic E-state index is 12.4. The van der Waals surface area contributed by atoms with E-state index in [1.54, 1.807) is 23.0 Å². The Morgan fingerprint density at radius 2 is 2.27 bits per heavy atom. The molecule has 9 nitrogen and oxygen atoms in total. The number of hydrogen-bond donors (Lipinski definition) is 2. The Kier molecular flexibility index (Phi) is 2.93. The standard InChI is InChI=1S/C13H13N5O4/c19-5-8-7(20)4-9(22-8)18-6-15-10-11(18)16-13-14-2-1-3-17(13)12(10)21/h1-3,6-9,19-20H,4-5H2/t7-,8+,9+/m0/s1. The van der Waals surface area contributed by atoms with Crippen molar-refractivity contribution in [3.8, 4) is 0 Å². The highest BCUT2D eigenvalue weighted by Crippen LogP contribution is 2.30. The second-order valence-corrected chi connectivity index (χ2v) is 5.15. The van der Waals surface area contributed by atoms with Crippen LogP contribution in [0.4, 0.5) is 0 Å². The molecule has 3 aromatic heterocycles. The zero-order valence-electron chi connectivity index (χ0n) is 11.4. The number of imidazole rings is 1. The molecular weight excluding hydrogens is 290 g/mol. The van der Waals surface area contributed by atoms with Gasteiger partial charge in [0.2, 0.25) is 5.78 Å². The van der Waals surface area contributed by atoms with Crippen LogP contribution in [0.2, 0.25) is 0 Å². The zero-order chi connectivity index (χ0) is 15.3. The van der Waals surface area contributed by atoms with Crippen molar-refractivity contribution in [1.82, 2.24) is 23.9 Å². The Labute approximate surface area is 123 Å². The van der Waals surface area contributed by atoms with E-state index in [1.165, 1.54) is 10.7 Å². The van der Waals surface area contributed by atoms with Gasteiger partial charge in [0.25, 0.3) is 5.56 Å². The smallest absolute Gasteiger partial charge is 0.287 e. The lowest BCUT2D eigenvalue weighted by molar-refractivity contribution is -0.0432. The van der Waals surface area contributed by atoms with E-state index < -0.39 is 18.4 Å². The van der Waals surface area contributed by atoms with Crippen molar-refractivity contribution in [2.45, 2.75) is 24.9 Å². The SMILES string of the molecule is O=c1c2ncn([C@H]3C[C@H](O)[C@@H](CO)O3)c2nc2ncccn12. The van der Waals surface area contributed by atoms with E-state index >= 15 is 0 Å². The van der Waals surface area contributed by atoms with Crippen LogP contribution >= 0.6 is 0 Å². The first-order valence-corrected chi connectivity index (χ1v) is 6.83.